The SMILES string of the molecule is COc1ccc(CNCc2ccccc2OC(F)F)cc1Cl. The first-order valence-electron chi connectivity index (χ1n) is 6.66. The van der Waals surface area contributed by atoms with E-state index in [1.165, 1.54) is 6.07 Å². The van der Waals surface area contributed by atoms with Crippen LogP contribution in [0.15, 0.2) is 42.5 Å². The van der Waals surface area contributed by atoms with Crippen LogP contribution in [0.25, 0.3) is 0 Å². The molecule has 0 fully saturated rings. The van der Waals surface area contributed by atoms with E-state index < -0.39 is 6.61 Å². The number of para-hydroxylation sites is 1. The average molecular weight is 328 g/mol. The molecule has 0 aliphatic rings. The van der Waals surface area contributed by atoms with Crippen LogP contribution in [0.4, 0.5) is 8.78 Å². The van der Waals surface area contributed by atoms with Crippen LogP contribution in [0.3, 0.4) is 0 Å². The van der Waals surface area contributed by atoms with Gasteiger partial charge in [0.1, 0.15) is 11.5 Å². The first-order valence-corrected chi connectivity index (χ1v) is 7.04. The molecule has 0 bridgehead atoms. The molecule has 0 unspecified atom stereocenters. The molecular formula is C16H16ClF2NO2. The summed E-state index contributed by atoms with van der Waals surface area (Å²) in [5.74, 6) is 0.791. The Morgan fingerprint density at radius 2 is 1.86 bits per heavy atom. The molecule has 6 heteroatoms. The zero-order valence-corrected chi connectivity index (χ0v) is 12.7. The van der Waals surface area contributed by atoms with Gasteiger partial charge in [-0.15, -0.1) is 0 Å². The summed E-state index contributed by atoms with van der Waals surface area (Å²) in [5, 5.41) is 3.70. The van der Waals surface area contributed by atoms with Crippen LogP contribution in [0.1, 0.15) is 11.1 Å². The van der Waals surface area contributed by atoms with Crippen molar-refractivity contribution in [2.75, 3.05) is 7.11 Å². The second-order valence-corrected chi connectivity index (χ2v) is 4.97. The van der Waals surface area contributed by atoms with Crippen molar-refractivity contribution < 1.29 is 18.3 Å². The Labute approximate surface area is 132 Å². The molecule has 0 aromatic heterocycles. The summed E-state index contributed by atoms with van der Waals surface area (Å²) >= 11 is 6.05. The average Bonchev–Trinajstić information content (AvgIpc) is 2.49. The highest BCUT2D eigenvalue weighted by molar-refractivity contribution is 6.32. The van der Waals surface area contributed by atoms with E-state index in [0.29, 0.717) is 29.4 Å². The lowest BCUT2D eigenvalue weighted by atomic mass is 10.2. The molecule has 0 heterocycles. The van der Waals surface area contributed by atoms with Gasteiger partial charge < -0.3 is 14.8 Å². The van der Waals surface area contributed by atoms with Crippen molar-refractivity contribution in [3.8, 4) is 11.5 Å². The lowest BCUT2D eigenvalue weighted by Gasteiger charge is -2.12. The van der Waals surface area contributed by atoms with Gasteiger partial charge in [-0.1, -0.05) is 35.9 Å². The van der Waals surface area contributed by atoms with Gasteiger partial charge in [-0.25, -0.2) is 0 Å². The van der Waals surface area contributed by atoms with Crippen LogP contribution >= 0.6 is 11.6 Å². The van der Waals surface area contributed by atoms with Crippen molar-refractivity contribution in [1.82, 2.24) is 5.32 Å². The molecule has 22 heavy (non-hydrogen) atoms. The van der Waals surface area contributed by atoms with Gasteiger partial charge in [-0.2, -0.15) is 8.78 Å². The summed E-state index contributed by atoms with van der Waals surface area (Å²) in [7, 11) is 1.55. The molecular weight excluding hydrogens is 312 g/mol. The van der Waals surface area contributed by atoms with Crippen LogP contribution in [-0.2, 0) is 13.1 Å². The largest absolute Gasteiger partial charge is 0.495 e. The second kappa shape index (κ2) is 7.96. The van der Waals surface area contributed by atoms with Crippen LogP contribution in [0, 0.1) is 0 Å². The molecule has 2 aromatic rings. The third-order valence-electron chi connectivity index (χ3n) is 3.05. The molecule has 0 amide bonds. The molecule has 0 atom stereocenters. The fraction of sp³-hybridized carbons (Fsp3) is 0.250. The molecule has 3 nitrogen and oxygen atoms in total. The van der Waals surface area contributed by atoms with Gasteiger partial charge in [0.2, 0.25) is 0 Å². The molecule has 0 aliphatic carbocycles. The lowest BCUT2D eigenvalue weighted by molar-refractivity contribution is -0.0505. The highest BCUT2D eigenvalue weighted by Gasteiger charge is 2.09. The number of methoxy groups -OCH3 is 1. The van der Waals surface area contributed by atoms with Gasteiger partial charge >= 0.3 is 6.61 Å². The summed E-state index contributed by atoms with van der Waals surface area (Å²) < 4.78 is 34.2. The first-order chi connectivity index (χ1) is 10.6. The Bertz CT molecular complexity index is 623. The highest BCUT2D eigenvalue weighted by Crippen LogP contribution is 2.25. The summed E-state index contributed by atoms with van der Waals surface area (Å²) in [4.78, 5) is 0. The fourth-order valence-electron chi connectivity index (χ4n) is 2.02. The van der Waals surface area contributed by atoms with Crippen molar-refractivity contribution in [2.45, 2.75) is 19.7 Å². The highest BCUT2D eigenvalue weighted by atomic mass is 35.5. The van der Waals surface area contributed by atoms with Crippen molar-refractivity contribution in [3.63, 3.8) is 0 Å². The molecule has 118 valence electrons. The standard InChI is InChI=1S/C16H16ClF2NO2/c1-21-15-7-6-11(8-13(15)17)9-20-10-12-4-2-3-5-14(12)22-16(18)19/h2-8,16,20H,9-10H2,1H3. The minimum atomic E-state index is -2.83. The third kappa shape index (κ3) is 4.58. The zero-order chi connectivity index (χ0) is 15.9. The number of hydrogen-bond donors (Lipinski definition) is 1. The minimum absolute atomic E-state index is 0.178. The van der Waals surface area contributed by atoms with Gasteiger partial charge in [0.05, 0.1) is 12.1 Å². The van der Waals surface area contributed by atoms with Gasteiger partial charge in [-0.3, -0.25) is 0 Å². The third-order valence-corrected chi connectivity index (χ3v) is 3.34. The van der Waals surface area contributed by atoms with Crippen LogP contribution in [0.2, 0.25) is 5.02 Å². The summed E-state index contributed by atoms with van der Waals surface area (Å²) in [6.07, 6.45) is 0. The van der Waals surface area contributed by atoms with E-state index in [2.05, 4.69) is 10.1 Å². The Hall–Kier alpha value is -1.85. The van der Waals surface area contributed by atoms with E-state index in [1.807, 2.05) is 6.07 Å². The van der Waals surface area contributed by atoms with Crippen molar-refractivity contribution in [3.05, 3.63) is 58.6 Å². The van der Waals surface area contributed by atoms with E-state index >= 15 is 0 Å². The van der Waals surface area contributed by atoms with Crippen LogP contribution in [0.5, 0.6) is 11.5 Å². The number of halogens is 3. The number of ether oxygens (including phenoxy) is 2. The summed E-state index contributed by atoms with van der Waals surface area (Å²) in [6, 6.07) is 12.2. The topological polar surface area (TPSA) is 30.5 Å². The number of alkyl halides is 2. The van der Waals surface area contributed by atoms with Crippen LogP contribution < -0.4 is 14.8 Å². The van der Waals surface area contributed by atoms with Crippen molar-refractivity contribution in [1.29, 1.82) is 0 Å². The molecule has 0 spiro atoms. The number of nitrogens with one attached hydrogen (secondary N) is 1. The quantitative estimate of drug-likeness (QED) is 0.825. The Balaban J connectivity index is 1.95. The Morgan fingerprint density at radius 1 is 1.09 bits per heavy atom. The summed E-state index contributed by atoms with van der Waals surface area (Å²) in [6.45, 7) is -1.87. The smallest absolute Gasteiger partial charge is 0.387 e. The van der Waals surface area contributed by atoms with E-state index in [1.54, 1.807) is 37.4 Å². The predicted molar refractivity (Wildman–Crippen MR) is 81.6 cm³/mol. The number of hydrogen-bond acceptors (Lipinski definition) is 3. The molecule has 0 saturated heterocycles. The number of rotatable bonds is 7. The van der Waals surface area contributed by atoms with E-state index in [-0.39, 0.29) is 5.75 Å². The van der Waals surface area contributed by atoms with E-state index in [4.69, 9.17) is 16.3 Å². The molecule has 1 N–H and O–H groups in total. The second-order valence-electron chi connectivity index (χ2n) is 4.56. The fourth-order valence-corrected chi connectivity index (χ4v) is 2.30. The van der Waals surface area contributed by atoms with Gasteiger partial charge in [0.15, 0.2) is 0 Å². The maximum Gasteiger partial charge on any atom is 0.387 e. The monoisotopic (exact) mass is 327 g/mol. The van der Waals surface area contributed by atoms with Crippen molar-refractivity contribution in [2.24, 2.45) is 0 Å². The normalized spacial score (nSPS) is 10.8. The molecule has 2 rings (SSSR count). The molecule has 0 saturated carbocycles. The zero-order valence-electron chi connectivity index (χ0n) is 12.0. The molecule has 0 radical (unpaired) electrons. The minimum Gasteiger partial charge on any atom is -0.495 e. The maximum absolute atomic E-state index is 12.3. The van der Waals surface area contributed by atoms with Crippen molar-refractivity contribution >= 4 is 11.6 Å². The predicted octanol–water partition coefficient (Wildman–Crippen LogP) is 4.24. The maximum atomic E-state index is 12.3. The summed E-state index contributed by atoms with van der Waals surface area (Å²) in [5.41, 5.74) is 1.64. The van der Waals surface area contributed by atoms with Gasteiger partial charge in [-0.05, 0) is 23.8 Å². The Kier molecular flexibility index (Phi) is 5.98. The van der Waals surface area contributed by atoms with Gasteiger partial charge in [0, 0.05) is 18.7 Å². The van der Waals surface area contributed by atoms with E-state index in [9.17, 15) is 8.78 Å². The number of benzene rings is 2. The van der Waals surface area contributed by atoms with Crippen LogP contribution in [-0.4, -0.2) is 13.7 Å². The van der Waals surface area contributed by atoms with Gasteiger partial charge in [0.25, 0.3) is 0 Å². The molecule has 0 aliphatic heterocycles. The van der Waals surface area contributed by atoms with E-state index in [0.717, 1.165) is 5.56 Å². The lowest BCUT2D eigenvalue weighted by Crippen LogP contribution is -2.14. The first kappa shape index (κ1) is 16.5. The molecule has 2 aromatic carbocycles. The Morgan fingerprint density at radius 3 is 2.55 bits per heavy atom.